The van der Waals surface area contributed by atoms with Gasteiger partial charge in [0.25, 0.3) is 0 Å². The molecular weight excluding hydrogens is 170 g/mol. The van der Waals surface area contributed by atoms with Crippen molar-refractivity contribution in [2.75, 3.05) is 13.7 Å². The van der Waals surface area contributed by atoms with E-state index < -0.39 is 0 Å². The molecule has 1 aliphatic heterocycles. The normalized spacial score (nSPS) is 16.8. The molecule has 0 amide bonds. The lowest BCUT2D eigenvalue weighted by atomic mass is 10.1. The average Bonchev–Trinajstić information content (AvgIpc) is 2.59. The summed E-state index contributed by atoms with van der Waals surface area (Å²) in [6.07, 6.45) is 0. The second-order valence-electron chi connectivity index (χ2n) is 2.70. The molecule has 0 radical (unpaired) electrons. The first kappa shape index (κ1) is 7.91. The molecule has 0 spiro atoms. The smallest absolute Gasteiger partial charge is 0.134 e. The van der Waals surface area contributed by atoms with Crippen LogP contribution in [0.5, 0.6) is 11.5 Å². The number of fused-ring (bicyclic) bond motifs is 1. The van der Waals surface area contributed by atoms with Crippen LogP contribution >= 0.6 is 0 Å². The molecule has 68 valence electrons. The molecule has 0 unspecified atom stereocenters. The summed E-state index contributed by atoms with van der Waals surface area (Å²) < 4.78 is 10.3. The Morgan fingerprint density at radius 2 is 2.38 bits per heavy atom. The van der Waals surface area contributed by atoms with Crippen molar-refractivity contribution in [3.8, 4) is 11.5 Å². The van der Waals surface area contributed by atoms with Gasteiger partial charge in [0, 0.05) is 11.6 Å². The maximum Gasteiger partial charge on any atom is 0.134 e. The number of rotatable bonds is 1. The first-order valence-corrected chi connectivity index (χ1v) is 3.87. The molecule has 0 aliphatic carbocycles. The number of oxime groups is 1. The van der Waals surface area contributed by atoms with Gasteiger partial charge in [-0.05, 0) is 12.1 Å². The maximum absolute atomic E-state index is 8.62. The van der Waals surface area contributed by atoms with Crippen molar-refractivity contribution in [2.24, 2.45) is 5.16 Å². The van der Waals surface area contributed by atoms with Gasteiger partial charge in [-0.3, -0.25) is 0 Å². The molecule has 4 heteroatoms. The maximum atomic E-state index is 8.62. The standard InChI is InChI=1S/C9H9NO3/c1-12-6-2-3-7-8(10-11)5-13-9(7)4-6/h2-4,11H,5H2,1H3. The van der Waals surface area contributed by atoms with Crippen LogP contribution in [0.1, 0.15) is 5.56 Å². The SMILES string of the molecule is COc1ccc2c(c1)OCC2=NO. The third-order valence-corrected chi connectivity index (χ3v) is 1.98. The highest BCUT2D eigenvalue weighted by Gasteiger charge is 2.19. The molecule has 0 atom stereocenters. The van der Waals surface area contributed by atoms with Crippen molar-refractivity contribution in [2.45, 2.75) is 0 Å². The largest absolute Gasteiger partial charge is 0.497 e. The van der Waals surface area contributed by atoms with Crippen LogP contribution in [0.15, 0.2) is 23.4 Å². The van der Waals surface area contributed by atoms with Crippen LogP contribution in [-0.4, -0.2) is 24.6 Å². The Kier molecular flexibility index (Phi) is 1.81. The van der Waals surface area contributed by atoms with E-state index in [9.17, 15) is 0 Å². The molecule has 1 aliphatic rings. The van der Waals surface area contributed by atoms with Gasteiger partial charge in [-0.25, -0.2) is 0 Å². The number of ether oxygens (including phenoxy) is 2. The molecular formula is C9H9NO3. The Bertz CT molecular complexity index is 360. The van der Waals surface area contributed by atoms with Gasteiger partial charge in [-0.1, -0.05) is 5.16 Å². The van der Waals surface area contributed by atoms with Crippen LogP contribution in [0.3, 0.4) is 0 Å². The van der Waals surface area contributed by atoms with Gasteiger partial charge in [0.2, 0.25) is 0 Å². The van der Waals surface area contributed by atoms with Crippen molar-refractivity contribution in [1.29, 1.82) is 0 Å². The molecule has 0 bridgehead atoms. The minimum Gasteiger partial charge on any atom is -0.497 e. The first-order chi connectivity index (χ1) is 6.35. The summed E-state index contributed by atoms with van der Waals surface area (Å²) in [5.74, 6) is 1.44. The minimum atomic E-state index is 0.318. The van der Waals surface area contributed by atoms with Crippen LogP contribution < -0.4 is 9.47 Å². The number of benzene rings is 1. The molecule has 0 aromatic heterocycles. The number of methoxy groups -OCH3 is 1. The van der Waals surface area contributed by atoms with E-state index in [1.165, 1.54) is 0 Å². The van der Waals surface area contributed by atoms with Gasteiger partial charge in [-0.15, -0.1) is 0 Å². The molecule has 13 heavy (non-hydrogen) atoms. The van der Waals surface area contributed by atoms with Crippen LogP contribution in [0, 0.1) is 0 Å². The zero-order chi connectivity index (χ0) is 9.26. The molecule has 1 aromatic rings. The number of hydrogen-bond donors (Lipinski definition) is 1. The summed E-state index contributed by atoms with van der Waals surface area (Å²) in [6, 6.07) is 5.39. The molecule has 2 rings (SSSR count). The summed E-state index contributed by atoms with van der Waals surface area (Å²) in [4.78, 5) is 0. The Morgan fingerprint density at radius 3 is 3.08 bits per heavy atom. The van der Waals surface area contributed by atoms with E-state index >= 15 is 0 Å². The summed E-state index contributed by atoms with van der Waals surface area (Å²) in [6.45, 7) is 0.318. The molecule has 4 nitrogen and oxygen atoms in total. The van der Waals surface area contributed by atoms with Gasteiger partial charge >= 0.3 is 0 Å². The molecule has 1 N–H and O–H groups in total. The van der Waals surface area contributed by atoms with E-state index in [0.717, 1.165) is 11.3 Å². The Morgan fingerprint density at radius 1 is 1.54 bits per heavy atom. The highest BCUT2D eigenvalue weighted by Crippen LogP contribution is 2.29. The predicted octanol–water partition coefficient (Wildman–Crippen LogP) is 1.27. The monoisotopic (exact) mass is 179 g/mol. The van der Waals surface area contributed by atoms with Crippen LogP contribution in [0.4, 0.5) is 0 Å². The zero-order valence-electron chi connectivity index (χ0n) is 7.15. The van der Waals surface area contributed by atoms with Gasteiger partial charge in [0.1, 0.15) is 23.8 Å². The molecule has 0 saturated heterocycles. The van der Waals surface area contributed by atoms with Crippen LogP contribution in [0.2, 0.25) is 0 Å². The van der Waals surface area contributed by atoms with E-state index in [-0.39, 0.29) is 0 Å². The second-order valence-corrected chi connectivity index (χ2v) is 2.70. The Balaban J connectivity index is 2.46. The van der Waals surface area contributed by atoms with E-state index in [4.69, 9.17) is 14.7 Å². The quantitative estimate of drug-likeness (QED) is 0.521. The van der Waals surface area contributed by atoms with Crippen LogP contribution in [-0.2, 0) is 0 Å². The fourth-order valence-corrected chi connectivity index (χ4v) is 1.29. The summed E-state index contributed by atoms with van der Waals surface area (Å²) >= 11 is 0. The average molecular weight is 179 g/mol. The van der Waals surface area contributed by atoms with Gasteiger partial charge in [0.05, 0.1) is 7.11 Å². The fraction of sp³-hybridized carbons (Fsp3) is 0.222. The van der Waals surface area contributed by atoms with Gasteiger partial charge in [-0.2, -0.15) is 0 Å². The van der Waals surface area contributed by atoms with E-state index in [2.05, 4.69) is 5.16 Å². The second kappa shape index (κ2) is 2.97. The fourth-order valence-electron chi connectivity index (χ4n) is 1.29. The van der Waals surface area contributed by atoms with Gasteiger partial charge in [0.15, 0.2) is 0 Å². The van der Waals surface area contributed by atoms with Crippen molar-refractivity contribution in [3.63, 3.8) is 0 Å². The van der Waals surface area contributed by atoms with E-state index in [0.29, 0.717) is 18.1 Å². The van der Waals surface area contributed by atoms with Crippen LogP contribution in [0.25, 0.3) is 0 Å². The topological polar surface area (TPSA) is 51.0 Å². The molecule has 0 fully saturated rings. The number of nitrogens with zero attached hydrogens (tertiary/aromatic N) is 1. The first-order valence-electron chi connectivity index (χ1n) is 3.87. The predicted molar refractivity (Wildman–Crippen MR) is 46.8 cm³/mol. The van der Waals surface area contributed by atoms with E-state index in [1.54, 1.807) is 19.2 Å². The summed E-state index contributed by atoms with van der Waals surface area (Å²) in [7, 11) is 1.59. The molecule has 1 aromatic carbocycles. The van der Waals surface area contributed by atoms with Crippen molar-refractivity contribution < 1.29 is 14.7 Å². The highest BCUT2D eigenvalue weighted by atomic mass is 16.5. The lowest BCUT2D eigenvalue weighted by molar-refractivity contribution is 0.313. The summed E-state index contributed by atoms with van der Waals surface area (Å²) in [5.41, 5.74) is 1.38. The van der Waals surface area contributed by atoms with Gasteiger partial charge < -0.3 is 14.7 Å². The minimum absolute atomic E-state index is 0.318. The highest BCUT2D eigenvalue weighted by molar-refractivity contribution is 6.05. The lowest BCUT2D eigenvalue weighted by Gasteiger charge is -2.01. The zero-order valence-corrected chi connectivity index (χ0v) is 7.15. The van der Waals surface area contributed by atoms with Crippen molar-refractivity contribution >= 4 is 5.71 Å². The number of hydrogen-bond acceptors (Lipinski definition) is 4. The van der Waals surface area contributed by atoms with E-state index in [1.807, 2.05) is 6.07 Å². The third-order valence-electron chi connectivity index (χ3n) is 1.98. The Hall–Kier alpha value is -1.71. The lowest BCUT2D eigenvalue weighted by Crippen LogP contribution is -2.01. The third kappa shape index (κ3) is 1.20. The van der Waals surface area contributed by atoms with Crippen molar-refractivity contribution in [1.82, 2.24) is 0 Å². The molecule has 0 saturated carbocycles. The Labute approximate surface area is 75.4 Å². The summed E-state index contributed by atoms with van der Waals surface area (Å²) in [5, 5.41) is 11.8. The molecule has 1 heterocycles. The van der Waals surface area contributed by atoms with Crippen molar-refractivity contribution in [3.05, 3.63) is 23.8 Å².